The number of urea groups is 1. The number of rotatable bonds is 2. The van der Waals surface area contributed by atoms with Crippen molar-refractivity contribution < 1.29 is 14.4 Å². The first kappa shape index (κ1) is 15.0. The van der Waals surface area contributed by atoms with Gasteiger partial charge in [0.05, 0.1) is 0 Å². The topological polar surface area (TPSA) is 66.5 Å². The first-order chi connectivity index (χ1) is 9.00. The fourth-order valence-electron chi connectivity index (χ4n) is 3.57. The van der Waals surface area contributed by atoms with Crippen LogP contribution in [0, 0.1) is 10.8 Å². The summed E-state index contributed by atoms with van der Waals surface area (Å²) in [5.74, 6) is -0.728. The molecule has 2 fully saturated rings. The Kier molecular flexibility index (Phi) is 3.23. The molecule has 1 N–H and O–H groups in total. The number of amides is 4. The molecule has 0 bridgehead atoms. The zero-order valence-corrected chi connectivity index (χ0v) is 13.0. The van der Waals surface area contributed by atoms with E-state index in [1.54, 1.807) is 0 Å². The Hall–Kier alpha value is -1.39. The van der Waals surface area contributed by atoms with Crippen molar-refractivity contribution in [3.05, 3.63) is 0 Å². The molecule has 2 aliphatic rings. The molecule has 0 atom stereocenters. The predicted octanol–water partition coefficient (Wildman–Crippen LogP) is 2.45. The third-order valence-corrected chi connectivity index (χ3v) is 4.25. The molecule has 5 heteroatoms. The van der Waals surface area contributed by atoms with Gasteiger partial charge in [-0.1, -0.05) is 27.2 Å². The van der Waals surface area contributed by atoms with Crippen LogP contribution < -0.4 is 5.32 Å². The number of nitrogens with one attached hydrogen (secondary N) is 1. The quantitative estimate of drug-likeness (QED) is 0.790. The van der Waals surface area contributed by atoms with E-state index in [1.165, 1.54) is 4.90 Å². The Bertz CT molecular complexity index is 470. The second kappa shape index (κ2) is 4.30. The van der Waals surface area contributed by atoms with Crippen LogP contribution in [0.15, 0.2) is 0 Å². The standard InChI is InChI=1S/C15H24N2O3/c1-13(2,3)9-14(4,5)17-11(19)15(7-6-8-15)10(18)16-12(17)20/h6-9H2,1-5H3,(H,16,18,20). The van der Waals surface area contributed by atoms with Gasteiger partial charge in [0.1, 0.15) is 5.41 Å². The number of imide groups is 2. The molecule has 2 rings (SSSR count). The normalized spacial score (nSPS) is 22.9. The van der Waals surface area contributed by atoms with E-state index in [-0.39, 0.29) is 11.3 Å². The van der Waals surface area contributed by atoms with Crippen LogP contribution in [0.3, 0.4) is 0 Å². The highest BCUT2D eigenvalue weighted by atomic mass is 16.2. The van der Waals surface area contributed by atoms with Gasteiger partial charge in [-0.15, -0.1) is 0 Å². The largest absolute Gasteiger partial charge is 0.331 e. The monoisotopic (exact) mass is 280 g/mol. The SMILES string of the molecule is CC(C)(C)CC(C)(C)N1C(=O)NC(=O)C2(CCC2)C1=O. The van der Waals surface area contributed by atoms with Crippen LogP contribution in [0.2, 0.25) is 0 Å². The number of carbonyl (C=O) groups excluding carboxylic acids is 3. The third-order valence-electron chi connectivity index (χ3n) is 4.25. The molecule has 0 unspecified atom stereocenters. The summed E-state index contributed by atoms with van der Waals surface area (Å²) in [4.78, 5) is 38.1. The molecule has 1 spiro atoms. The van der Waals surface area contributed by atoms with Gasteiger partial charge in [0.25, 0.3) is 0 Å². The second-order valence-electron chi connectivity index (χ2n) is 7.89. The molecule has 4 amide bonds. The zero-order chi connectivity index (χ0) is 15.3. The van der Waals surface area contributed by atoms with E-state index in [0.717, 1.165) is 6.42 Å². The maximum Gasteiger partial charge on any atom is 0.331 e. The lowest BCUT2D eigenvalue weighted by atomic mass is 9.65. The van der Waals surface area contributed by atoms with Crippen LogP contribution >= 0.6 is 0 Å². The zero-order valence-electron chi connectivity index (χ0n) is 13.0. The van der Waals surface area contributed by atoms with Crippen LogP contribution in [0.4, 0.5) is 4.79 Å². The van der Waals surface area contributed by atoms with Crippen molar-refractivity contribution in [3.63, 3.8) is 0 Å². The van der Waals surface area contributed by atoms with E-state index < -0.39 is 22.9 Å². The summed E-state index contributed by atoms with van der Waals surface area (Å²) in [6.45, 7) is 10.00. The number of carbonyl (C=O) groups is 3. The Morgan fingerprint density at radius 1 is 1.10 bits per heavy atom. The number of barbiturate groups is 1. The summed E-state index contributed by atoms with van der Waals surface area (Å²) in [5.41, 5.74) is -1.61. The molecule has 0 aromatic carbocycles. The summed E-state index contributed by atoms with van der Waals surface area (Å²) in [7, 11) is 0. The minimum atomic E-state index is -0.983. The first-order valence-electron chi connectivity index (χ1n) is 7.20. The van der Waals surface area contributed by atoms with Crippen LogP contribution in [0.5, 0.6) is 0 Å². The van der Waals surface area contributed by atoms with Crippen LogP contribution in [-0.2, 0) is 9.59 Å². The molecule has 5 nitrogen and oxygen atoms in total. The highest BCUT2D eigenvalue weighted by Gasteiger charge is 2.59. The lowest BCUT2D eigenvalue weighted by Gasteiger charge is -2.50. The van der Waals surface area contributed by atoms with E-state index in [9.17, 15) is 14.4 Å². The highest BCUT2D eigenvalue weighted by Crippen LogP contribution is 2.46. The van der Waals surface area contributed by atoms with Gasteiger partial charge in [0.15, 0.2) is 0 Å². The molecule has 1 aliphatic carbocycles. The lowest BCUT2D eigenvalue weighted by molar-refractivity contribution is -0.161. The summed E-state index contributed by atoms with van der Waals surface area (Å²) in [5, 5.41) is 2.37. The summed E-state index contributed by atoms with van der Waals surface area (Å²) in [6.07, 6.45) is 2.64. The van der Waals surface area contributed by atoms with E-state index in [0.29, 0.717) is 19.3 Å². The van der Waals surface area contributed by atoms with Crippen molar-refractivity contribution in [1.29, 1.82) is 0 Å². The molecule has 112 valence electrons. The maximum absolute atomic E-state index is 12.7. The summed E-state index contributed by atoms with van der Waals surface area (Å²) < 4.78 is 0. The van der Waals surface area contributed by atoms with Crippen LogP contribution in [0.1, 0.15) is 60.3 Å². The second-order valence-corrected chi connectivity index (χ2v) is 7.89. The van der Waals surface area contributed by atoms with Gasteiger partial charge in [-0.2, -0.15) is 0 Å². The number of hydrogen-bond donors (Lipinski definition) is 1. The van der Waals surface area contributed by atoms with E-state index in [1.807, 2.05) is 13.8 Å². The smallest absolute Gasteiger partial charge is 0.277 e. The van der Waals surface area contributed by atoms with Crippen LogP contribution in [-0.4, -0.2) is 28.3 Å². The van der Waals surface area contributed by atoms with Gasteiger partial charge >= 0.3 is 6.03 Å². The predicted molar refractivity (Wildman–Crippen MR) is 74.8 cm³/mol. The average Bonchev–Trinajstić information content (AvgIpc) is 2.08. The Morgan fingerprint density at radius 3 is 2.05 bits per heavy atom. The fraction of sp³-hybridized carbons (Fsp3) is 0.800. The molecule has 1 heterocycles. The van der Waals surface area contributed by atoms with Crippen molar-refractivity contribution in [3.8, 4) is 0 Å². The fourth-order valence-corrected chi connectivity index (χ4v) is 3.57. The van der Waals surface area contributed by atoms with E-state index >= 15 is 0 Å². The van der Waals surface area contributed by atoms with E-state index in [4.69, 9.17) is 0 Å². The number of hydrogen-bond acceptors (Lipinski definition) is 3. The van der Waals surface area contributed by atoms with E-state index in [2.05, 4.69) is 26.1 Å². The van der Waals surface area contributed by atoms with Crippen molar-refractivity contribution >= 4 is 17.8 Å². The van der Waals surface area contributed by atoms with Gasteiger partial charge in [-0.25, -0.2) is 4.79 Å². The van der Waals surface area contributed by atoms with Gasteiger partial charge in [-0.3, -0.25) is 19.8 Å². The molecule has 1 saturated heterocycles. The van der Waals surface area contributed by atoms with Gasteiger partial charge in [0, 0.05) is 5.54 Å². The number of nitrogens with zero attached hydrogens (tertiary/aromatic N) is 1. The Morgan fingerprint density at radius 2 is 1.65 bits per heavy atom. The minimum absolute atomic E-state index is 0.0156. The molecule has 20 heavy (non-hydrogen) atoms. The molecule has 1 aliphatic heterocycles. The first-order valence-corrected chi connectivity index (χ1v) is 7.20. The van der Waals surface area contributed by atoms with Crippen molar-refractivity contribution in [2.24, 2.45) is 10.8 Å². The summed E-state index contributed by atoms with van der Waals surface area (Å²) >= 11 is 0. The molecule has 1 saturated carbocycles. The Balaban J connectivity index is 2.32. The minimum Gasteiger partial charge on any atom is -0.277 e. The van der Waals surface area contributed by atoms with Gasteiger partial charge in [0.2, 0.25) is 11.8 Å². The molecular weight excluding hydrogens is 256 g/mol. The van der Waals surface area contributed by atoms with Crippen molar-refractivity contribution in [1.82, 2.24) is 10.2 Å². The van der Waals surface area contributed by atoms with Crippen LogP contribution in [0.25, 0.3) is 0 Å². The maximum atomic E-state index is 12.7. The lowest BCUT2D eigenvalue weighted by Crippen LogP contribution is -2.70. The highest BCUT2D eigenvalue weighted by molar-refractivity contribution is 6.20. The molecular formula is C15H24N2O3. The summed E-state index contributed by atoms with van der Waals surface area (Å²) in [6, 6.07) is -0.577. The Labute approximate surface area is 120 Å². The molecule has 0 aromatic rings. The van der Waals surface area contributed by atoms with Crippen molar-refractivity contribution in [2.75, 3.05) is 0 Å². The van der Waals surface area contributed by atoms with Crippen molar-refractivity contribution in [2.45, 2.75) is 65.8 Å². The molecule has 0 aromatic heterocycles. The molecule has 0 radical (unpaired) electrons. The van der Waals surface area contributed by atoms with Gasteiger partial charge < -0.3 is 0 Å². The van der Waals surface area contributed by atoms with Gasteiger partial charge in [-0.05, 0) is 38.5 Å². The third kappa shape index (κ3) is 2.23. The average molecular weight is 280 g/mol.